The topological polar surface area (TPSA) is 94.6 Å². The third kappa shape index (κ3) is 4.37. The number of nitrogens with zero attached hydrogens (tertiary/aromatic N) is 3. The molecule has 1 aromatic carbocycles. The van der Waals surface area contributed by atoms with Gasteiger partial charge in [0.25, 0.3) is 6.01 Å². The second-order valence-electron chi connectivity index (χ2n) is 8.38. The number of benzene rings is 1. The van der Waals surface area contributed by atoms with Gasteiger partial charge < -0.3 is 24.8 Å². The summed E-state index contributed by atoms with van der Waals surface area (Å²) in [4.78, 5) is 11.0. The first-order valence-corrected chi connectivity index (χ1v) is 10.4. The summed E-state index contributed by atoms with van der Waals surface area (Å²) in [5.41, 5.74) is 0.474. The first-order valence-electron chi connectivity index (χ1n) is 10.4. The average Bonchev–Trinajstić information content (AvgIpc) is 3.08. The number of phenols is 1. The Balaban J connectivity index is 1.77. The minimum atomic E-state index is -4.58. The number of aliphatic hydroxyl groups excluding tert-OH is 1. The molecule has 7 nitrogen and oxygen atoms in total. The molecule has 0 bridgehead atoms. The fraction of sp³-hybridized carbons (Fsp3) is 0.455. The number of oxazole rings is 1. The molecule has 1 aliphatic rings. The number of piperidine rings is 1. The van der Waals surface area contributed by atoms with Gasteiger partial charge in [-0.05, 0) is 64.0 Å². The van der Waals surface area contributed by atoms with Crippen LogP contribution in [0, 0.1) is 6.92 Å². The van der Waals surface area contributed by atoms with Crippen molar-refractivity contribution in [1.82, 2.24) is 14.9 Å². The maximum absolute atomic E-state index is 13.1. The number of rotatable bonds is 4. The van der Waals surface area contributed by atoms with Crippen LogP contribution in [0.3, 0.4) is 0 Å². The van der Waals surface area contributed by atoms with Gasteiger partial charge in [0.05, 0.1) is 17.4 Å². The van der Waals surface area contributed by atoms with Crippen molar-refractivity contribution in [2.45, 2.75) is 45.0 Å². The van der Waals surface area contributed by atoms with Gasteiger partial charge in [0, 0.05) is 23.7 Å². The van der Waals surface area contributed by atoms with E-state index in [0.717, 1.165) is 32.0 Å². The van der Waals surface area contributed by atoms with Crippen LogP contribution in [0.25, 0.3) is 22.5 Å². The number of anilines is 1. The van der Waals surface area contributed by atoms with E-state index in [0.29, 0.717) is 17.2 Å². The third-order valence-electron chi connectivity index (χ3n) is 5.69. The minimum absolute atomic E-state index is 0.146. The van der Waals surface area contributed by atoms with Crippen LogP contribution < -0.4 is 5.32 Å². The molecule has 0 amide bonds. The smallest absolute Gasteiger partial charge is 0.416 e. The van der Waals surface area contributed by atoms with Crippen molar-refractivity contribution in [3.63, 3.8) is 0 Å². The highest BCUT2D eigenvalue weighted by molar-refractivity contribution is 5.81. The number of aliphatic hydroxyl groups is 1. The molecule has 0 spiro atoms. The monoisotopic (exact) mass is 450 g/mol. The van der Waals surface area contributed by atoms with Crippen LogP contribution in [0.1, 0.15) is 42.6 Å². The summed E-state index contributed by atoms with van der Waals surface area (Å²) in [7, 11) is 2.04. The minimum Gasteiger partial charge on any atom is -0.507 e. The average molecular weight is 450 g/mol. The molecule has 0 aliphatic carbocycles. The SMILES string of the molecule is Cc1cc(C(F)(F)F)cc(O)c1-c1cc(C(C)O)c2oc(N[C@@H]3CCCN(C)C3)nc2n1. The summed E-state index contributed by atoms with van der Waals surface area (Å²) < 4.78 is 45.1. The number of nitrogens with one attached hydrogen (secondary N) is 1. The standard InChI is InChI=1S/C22H25F3N4O3/c1-11-7-13(22(23,24)25)8-17(31)18(11)16-9-15(12(2)30)19-20(27-16)28-21(32-19)26-14-5-4-6-29(3)10-14/h7-9,12,14,30-31H,4-6,10H2,1-3H3,(H,26,27,28)/t12?,14-/m1/s1. The molecule has 10 heteroatoms. The van der Waals surface area contributed by atoms with E-state index in [2.05, 4.69) is 20.2 Å². The molecule has 32 heavy (non-hydrogen) atoms. The predicted octanol–water partition coefficient (Wildman–Crippen LogP) is 4.48. The quantitative estimate of drug-likeness (QED) is 0.539. The lowest BCUT2D eigenvalue weighted by Crippen LogP contribution is -2.39. The first kappa shape index (κ1) is 22.3. The van der Waals surface area contributed by atoms with Gasteiger partial charge in [0.15, 0.2) is 5.58 Å². The number of aryl methyl sites for hydroxylation is 1. The number of hydrogen-bond donors (Lipinski definition) is 3. The van der Waals surface area contributed by atoms with Crippen LogP contribution >= 0.6 is 0 Å². The van der Waals surface area contributed by atoms with Gasteiger partial charge in [-0.15, -0.1) is 0 Å². The van der Waals surface area contributed by atoms with Crippen molar-refractivity contribution in [2.75, 3.05) is 25.5 Å². The number of likely N-dealkylation sites (tertiary alicyclic amines) is 1. The van der Waals surface area contributed by atoms with Crippen LogP contribution in [-0.4, -0.2) is 51.3 Å². The Morgan fingerprint density at radius 3 is 2.62 bits per heavy atom. The molecule has 1 saturated heterocycles. The highest BCUT2D eigenvalue weighted by atomic mass is 19.4. The highest BCUT2D eigenvalue weighted by Crippen LogP contribution is 2.40. The van der Waals surface area contributed by atoms with E-state index >= 15 is 0 Å². The molecule has 3 N–H and O–H groups in total. The van der Waals surface area contributed by atoms with E-state index in [1.807, 2.05) is 7.05 Å². The van der Waals surface area contributed by atoms with Gasteiger partial charge in [-0.25, -0.2) is 4.98 Å². The number of hydrogen-bond acceptors (Lipinski definition) is 7. The maximum Gasteiger partial charge on any atom is 0.416 e. The normalized spacial score (nSPS) is 18.8. The van der Waals surface area contributed by atoms with E-state index in [-0.39, 0.29) is 34.5 Å². The zero-order chi connectivity index (χ0) is 23.2. The van der Waals surface area contributed by atoms with Crippen molar-refractivity contribution in [1.29, 1.82) is 0 Å². The van der Waals surface area contributed by atoms with Crippen molar-refractivity contribution < 1.29 is 27.8 Å². The molecule has 0 radical (unpaired) electrons. The number of fused-ring (bicyclic) bond motifs is 1. The van der Waals surface area contributed by atoms with Crippen LogP contribution in [0.15, 0.2) is 22.6 Å². The Morgan fingerprint density at radius 1 is 1.25 bits per heavy atom. The van der Waals surface area contributed by atoms with Crippen LogP contribution in [0.2, 0.25) is 0 Å². The Morgan fingerprint density at radius 2 is 2.00 bits per heavy atom. The van der Waals surface area contributed by atoms with Crippen molar-refractivity contribution >= 4 is 17.2 Å². The fourth-order valence-corrected chi connectivity index (χ4v) is 4.16. The fourth-order valence-electron chi connectivity index (χ4n) is 4.16. The molecule has 172 valence electrons. The van der Waals surface area contributed by atoms with Crippen LogP contribution in [0.4, 0.5) is 19.2 Å². The summed E-state index contributed by atoms with van der Waals surface area (Å²) in [6.07, 6.45) is -3.52. The Labute approximate surface area is 182 Å². The maximum atomic E-state index is 13.1. The lowest BCUT2D eigenvalue weighted by Gasteiger charge is -2.29. The molecule has 1 fully saturated rings. The largest absolute Gasteiger partial charge is 0.507 e. The summed E-state index contributed by atoms with van der Waals surface area (Å²) in [5.74, 6) is -0.548. The molecule has 3 aromatic rings. The summed E-state index contributed by atoms with van der Waals surface area (Å²) in [5, 5.41) is 23.9. The molecule has 1 aliphatic heterocycles. The summed E-state index contributed by atoms with van der Waals surface area (Å²) in [6, 6.07) is 3.55. The second kappa shape index (κ2) is 8.25. The van der Waals surface area contributed by atoms with E-state index in [9.17, 15) is 23.4 Å². The van der Waals surface area contributed by atoms with Crippen LogP contribution in [-0.2, 0) is 6.18 Å². The van der Waals surface area contributed by atoms with Crippen LogP contribution in [0.5, 0.6) is 5.75 Å². The number of pyridine rings is 1. The van der Waals surface area contributed by atoms with E-state index < -0.39 is 23.6 Å². The number of halogens is 3. The molecule has 3 heterocycles. The number of aromatic hydroxyl groups is 1. The number of aromatic nitrogens is 2. The Hall–Kier alpha value is -2.85. The summed E-state index contributed by atoms with van der Waals surface area (Å²) >= 11 is 0. The van der Waals surface area contributed by atoms with E-state index in [1.165, 1.54) is 13.0 Å². The van der Waals surface area contributed by atoms with Gasteiger partial charge >= 0.3 is 6.18 Å². The molecule has 4 rings (SSSR count). The lowest BCUT2D eigenvalue weighted by molar-refractivity contribution is -0.137. The van der Waals surface area contributed by atoms with Gasteiger partial charge in [-0.1, -0.05) is 0 Å². The van der Waals surface area contributed by atoms with Gasteiger partial charge in [0.1, 0.15) is 5.75 Å². The Kier molecular flexibility index (Phi) is 5.76. The lowest BCUT2D eigenvalue weighted by atomic mass is 9.98. The van der Waals surface area contributed by atoms with Crippen molar-refractivity contribution in [3.05, 3.63) is 34.9 Å². The zero-order valence-electron chi connectivity index (χ0n) is 18.0. The van der Waals surface area contributed by atoms with Crippen molar-refractivity contribution in [2.24, 2.45) is 0 Å². The number of likely N-dealkylation sites (N-methyl/N-ethyl adjacent to an activating group) is 1. The number of alkyl halides is 3. The Bertz CT molecular complexity index is 1120. The van der Waals surface area contributed by atoms with Gasteiger partial charge in [-0.2, -0.15) is 18.2 Å². The molecule has 1 unspecified atom stereocenters. The third-order valence-corrected chi connectivity index (χ3v) is 5.69. The zero-order valence-corrected chi connectivity index (χ0v) is 18.0. The predicted molar refractivity (Wildman–Crippen MR) is 113 cm³/mol. The van der Waals surface area contributed by atoms with E-state index in [1.54, 1.807) is 6.92 Å². The molecule has 2 aromatic heterocycles. The molecule has 2 atom stereocenters. The number of phenolic OH excluding ortho intramolecular Hbond substituents is 1. The summed E-state index contributed by atoms with van der Waals surface area (Å²) in [6.45, 7) is 4.87. The van der Waals surface area contributed by atoms with E-state index in [4.69, 9.17) is 4.42 Å². The van der Waals surface area contributed by atoms with Gasteiger partial charge in [-0.3, -0.25) is 0 Å². The molecular formula is C22H25F3N4O3. The van der Waals surface area contributed by atoms with Gasteiger partial charge in [0.2, 0.25) is 5.65 Å². The van der Waals surface area contributed by atoms with Crippen molar-refractivity contribution in [3.8, 4) is 17.0 Å². The molecular weight excluding hydrogens is 425 g/mol. The second-order valence-corrected chi connectivity index (χ2v) is 8.38. The molecule has 0 saturated carbocycles. The first-order chi connectivity index (χ1) is 15.0. The highest BCUT2D eigenvalue weighted by Gasteiger charge is 2.32.